The van der Waals surface area contributed by atoms with E-state index in [1.807, 2.05) is 24.3 Å². The number of carbonyl (C=O) groups excluding carboxylic acids is 1. The van der Waals surface area contributed by atoms with Crippen molar-refractivity contribution in [3.8, 4) is 0 Å². The Hall–Kier alpha value is -1.00. The molecule has 3 nitrogen and oxygen atoms in total. The molecule has 1 N–H and O–H groups in total. The third kappa shape index (κ3) is 2.02. The molecule has 0 bridgehead atoms. The van der Waals surface area contributed by atoms with Crippen molar-refractivity contribution < 1.29 is 8.98 Å². The maximum absolute atomic E-state index is 11.2. The largest absolute Gasteiger partial charge is 0.325 e. The number of anilines is 1. The maximum Gasteiger partial charge on any atom is 0.226 e. The monoisotopic (exact) mass is 195 g/mol. The molecule has 13 heavy (non-hydrogen) atoms. The van der Waals surface area contributed by atoms with E-state index in [0.29, 0.717) is 13.0 Å². The molecule has 2 rings (SSSR count). The Balaban J connectivity index is 2.30. The van der Waals surface area contributed by atoms with Crippen molar-refractivity contribution in [1.82, 2.24) is 0 Å². The minimum absolute atomic E-state index is 0.00718. The lowest BCUT2D eigenvalue weighted by molar-refractivity contribution is -0.116. The van der Waals surface area contributed by atoms with Crippen molar-refractivity contribution in [1.29, 1.82) is 0 Å². The summed E-state index contributed by atoms with van der Waals surface area (Å²) in [7, 11) is 0. The highest BCUT2D eigenvalue weighted by molar-refractivity contribution is 7.94. The smallest absolute Gasteiger partial charge is 0.226 e. The van der Waals surface area contributed by atoms with Crippen LogP contribution in [0.5, 0.6) is 0 Å². The predicted molar refractivity (Wildman–Crippen MR) is 51.5 cm³/mol. The lowest BCUT2D eigenvalue weighted by Gasteiger charge is -2.13. The van der Waals surface area contributed by atoms with Crippen LogP contribution in [0.1, 0.15) is 6.42 Å². The molecule has 0 atom stereocenters. The van der Waals surface area contributed by atoms with Crippen LogP contribution < -0.4 is 5.32 Å². The molecule has 1 amide bonds. The zero-order valence-corrected chi connectivity index (χ0v) is 7.76. The average Bonchev–Trinajstić information content (AvgIpc) is 2.11. The number of benzene rings is 1. The summed E-state index contributed by atoms with van der Waals surface area (Å²) in [6.45, 7) is 0.463. The normalized spacial score (nSPS) is 16.8. The van der Waals surface area contributed by atoms with Crippen molar-refractivity contribution in [3.63, 3.8) is 0 Å². The first-order valence-electron chi connectivity index (χ1n) is 4.04. The van der Waals surface area contributed by atoms with E-state index in [0.717, 1.165) is 10.6 Å². The summed E-state index contributed by atoms with van der Waals surface area (Å²) in [4.78, 5) is 12.2. The fourth-order valence-electron chi connectivity index (χ4n) is 1.09. The maximum atomic E-state index is 11.2. The molecular formula is C9H9NO2S. The first kappa shape index (κ1) is 8.59. The topological polar surface area (TPSA) is 38.3 Å². The number of hydrogen-bond donors (Lipinski definition) is 1. The molecule has 1 aromatic carbocycles. The summed E-state index contributed by atoms with van der Waals surface area (Å²) in [5, 5.41) is 2.82. The van der Waals surface area contributed by atoms with Crippen molar-refractivity contribution in [2.45, 2.75) is 11.3 Å². The van der Waals surface area contributed by atoms with Gasteiger partial charge in [-0.1, -0.05) is 12.1 Å². The number of para-hydroxylation sites is 1. The SMILES string of the molecule is O=C1CCOSc2ccccc2N1. The van der Waals surface area contributed by atoms with Crippen LogP contribution in [0.4, 0.5) is 5.69 Å². The van der Waals surface area contributed by atoms with Gasteiger partial charge in [-0.25, -0.2) is 0 Å². The summed E-state index contributed by atoms with van der Waals surface area (Å²) in [6.07, 6.45) is 0.418. The zero-order valence-electron chi connectivity index (χ0n) is 6.95. The van der Waals surface area contributed by atoms with Crippen LogP contribution in [0.25, 0.3) is 0 Å². The molecule has 1 aliphatic rings. The fourth-order valence-corrected chi connectivity index (χ4v) is 1.73. The molecule has 0 saturated carbocycles. The van der Waals surface area contributed by atoms with E-state index >= 15 is 0 Å². The third-order valence-corrected chi connectivity index (χ3v) is 2.54. The quantitative estimate of drug-likeness (QED) is 0.644. The predicted octanol–water partition coefficient (Wildman–Crippen LogP) is 2.05. The Morgan fingerprint density at radius 2 is 2.23 bits per heavy atom. The molecule has 0 aliphatic carbocycles. The molecule has 4 heteroatoms. The van der Waals surface area contributed by atoms with Crippen molar-refractivity contribution in [2.75, 3.05) is 11.9 Å². The van der Waals surface area contributed by atoms with Gasteiger partial charge in [-0.3, -0.25) is 4.79 Å². The molecule has 1 aliphatic heterocycles. The van der Waals surface area contributed by atoms with Gasteiger partial charge in [0.05, 0.1) is 23.6 Å². The standard InChI is InChI=1S/C9H9NO2S/c11-9-5-6-12-13-8-4-2-1-3-7(8)10-9/h1-4H,5-6H2,(H,10,11). The van der Waals surface area contributed by atoms with Gasteiger partial charge in [-0.2, -0.15) is 0 Å². The van der Waals surface area contributed by atoms with E-state index in [1.165, 1.54) is 12.0 Å². The fraction of sp³-hybridized carbons (Fsp3) is 0.222. The highest BCUT2D eigenvalue weighted by Crippen LogP contribution is 2.29. The molecular weight excluding hydrogens is 186 g/mol. The molecule has 0 radical (unpaired) electrons. The van der Waals surface area contributed by atoms with Gasteiger partial charge >= 0.3 is 0 Å². The van der Waals surface area contributed by atoms with Crippen LogP contribution >= 0.6 is 12.0 Å². The van der Waals surface area contributed by atoms with Crippen LogP contribution in [0.2, 0.25) is 0 Å². The van der Waals surface area contributed by atoms with E-state index in [-0.39, 0.29) is 5.91 Å². The summed E-state index contributed by atoms with van der Waals surface area (Å²) >= 11 is 1.31. The summed E-state index contributed by atoms with van der Waals surface area (Å²) < 4.78 is 5.23. The second kappa shape index (κ2) is 3.81. The summed E-state index contributed by atoms with van der Waals surface area (Å²) in [6, 6.07) is 7.60. The van der Waals surface area contributed by atoms with Crippen molar-refractivity contribution >= 4 is 23.6 Å². The van der Waals surface area contributed by atoms with Gasteiger partial charge in [-0.15, -0.1) is 0 Å². The second-order valence-electron chi connectivity index (χ2n) is 2.70. The van der Waals surface area contributed by atoms with Crippen LogP contribution in [0, 0.1) is 0 Å². The number of amides is 1. The lowest BCUT2D eigenvalue weighted by Crippen LogP contribution is -2.15. The Kier molecular flexibility index (Phi) is 2.52. The number of hydrogen-bond acceptors (Lipinski definition) is 3. The lowest BCUT2D eigenvalue weighted by atomic mass is 10.3. The zero-order chi connectivity index (χ0) is 9.10. The summed E-state index contributed by atoms with van der Waals surface area (Å²) in [5.41, 5.74) is 0.831. The molecule has 1 aromatic rings. The number of rotatable bonds is 0. The Bertz CT molecular complexity index is 327. The molecule has 0 spiro atoms. The summed E-state index contributed by atoms with van der Waals surface area (Å²) in [5.74, 6) is 0.00718. The molecule has 0 unspecified atom stereocenters. The van der Waals surface area contributed by atoms with Crippen LogP contribution in [-0.4, -0.2) is 12.5 Å². The molecule has 0 fully saturated rings. The van der Waals surface area contributed by atoms with Crippen LogP contribution in [-0.2, 0) is 8.98 Å². The average molecular weight is 195 g/mol. The van der Waals surface area contributed by atoms with E-state index in [9.17, 15) is 4.79 Å². The van der Waals surface area contributed by atoms with Crippen LogP contribution in [0.15, 0.2) is 29.2 Å². The highest BCUT2D eigenvalue weighted by atomic mass is 32.2. The Morgan fingerprint density at radius 1 is 1.38 bits per heavy atom. The molecule has 1 heterocycles. The molecule has 0 aromatic heterocycles. The minimum atomic E-state index is 0.00718. The highest BCUT2D eigenvalue weighted by Gasteiger charge is 2.10. The van der Waals surface area contributed by atoms with Crippen molar-refractivity contribution in [2.24, 2.45) is 0 Å². The van der Waals surface area contributed by atoms with Gasteiger partial charge in [0, 0.05) is 12.0 Å². The van der Waals surface area contributed by atoms with Crippen LogP contribution in [0.3, 0.4) is 0 Å². The molecule has 68 valence electrons. The Morgan fingerprint density at radius 3 is 3.15 bits per heavy atom. The van der Waals surface area contributed by atoms with E-state index < -0.39 is 0 Å². The first-order chi connectivity index (χ1) is 6.36. The van der Waals surface area contributed by atoms with Gasteiger partial charge in [0.25, 0.3) is 0 Å². The second-order valence-corrected chi connectivity index (χ2v) is 3.54. The third-order valence-electron chi connectivity index (χ3n) is 1.72. The first-order valence-corrected chi connectivity index (χ1v) is 4.79. The van der Waals surface area contributed by atoms with Gasteiger partial charge in [0.15, 0.2) is 0 Å². The van der Waals surface area contributed by atoms with E-state index in [2.05, 4.69) is 5.32 Å². The Labute approximate surface area is 80.7 Å². The minimum Gasteiger partial charge on any atom is -0.325 e. The van der Waals surface area contributed by atoms with Gasteiger partial charge < -0.3 is 9.50 Å². The van der Waals surface area contributed by atoms with Crippen molar-refractivity contribution in [3.05, 3.63) is 24.3 Å². The number of nitrogens with one attached hydrogen (secondary N) is 1. The molecule has 0 saturated heterocycles. The van der Waals surface area contributed by atoms with E-state index in [4.69, 9.17) is 4.18 Å². The van der Waals surface area contributed by atoms with E-state index in [1.54, 1.807) is 0 Å². The number of fused-ring (bicyclic) bond motifs is 1. The van der Waals surface area contributed by atoms with Gasteiger partial charge in [0.2, 0.25) is 5.91 Å². The number of carbonyl (C=O) groups is 1. The van der Waals surface area contributed by atoms with Gasteiger partial charge in [0.1, 0.15) is 0 Å². The van der Waals surface area contributed by atoms with Gasteiger partial charge in [-0.05, 0) is 12.1 Å².